The number of carbonyl (C=O) groups is 2. The largest absolute Gasteiger partial charge is 0.494 e. The van der Waals surface area contributed by atoms with Crippen LogP contribution in [0.15, 0.2) is 42.5 Å². The number of ketones is 1. The first-order chi connectivity index (χ1) is 20.8. The third-order valence-corrected chi connectivity index (χ3v) is 9.48. The number of carbonyl (C=O) groups excluding carboxylic acids is 2. The summed E-state index contributed by atoms with van der Waals surface area (Å²) in [5.74, 6) is 1.17. The van der Waals surface area contributed by atoms with Crippen molar-refractivity contribution < 1.29 is 14.3 Å². The number of anilines is 1. The lowest BCUT2D eigenvalue weighted by atomic mass is 9.83. The maximum Gasteiger partial charge on any atom is 0.242 e. The van der Waals surface area contributed by atoms with E-state index in [0.29, 0.717) is 24.9 Å². The average molecular weight is 610 g/mol. The van der Waals surface area contributed by atoms with Gasteiger partial charge in [-0.05, 0) is 66.6 Å². The fourth-order valence-electron chi connectivity index (χ4n) is 6.53. The molecule has 2 aromatic carbocycles. The molecule has 236 valence electrons. The fourth-order valence-corrected chi connectivity index (χ4v) is 6.66. The summed E-state index contributed by atoms with van der Waals surface area (Å²) in [5, 5.41) is 0. The molecule has 1 aliphatic heterocycles. The van der Waals surface area contributed by atoms with Crippen LogP contribution in [0.25, 0.3) is 0 Å². The normalized spacial score (nSPS) is 17.6. The number of piperazine rings is 1. The van der Waals surface area contributed by atoms with Gasteiger partial charge < -0.3 is 14.5 Å². The zero-order valence-corrected chi connectivity index (χ0v) is 27.6. The molecule has 1 atom stereocenters. The summed E-state index contributed by atoms with van der Waals surface area (Å²) in [7, 11) is 2.17. The fraction of sp³-hybridized carbons (Fsp3) is 0.611. The first kappa shape index (κ1) is 33.5. The lowest BCUT2D eigenvalue weighted by molar-refractivity contribution is -0.125. The first-order valence-corrected chi connectivity index (χ1v) is 17.0. The summed E-state index contributed by atoms with van der Waals surface area (Å²) < 4.78 is 6.10. The smallest absolute Gasteiger partial charge is 0.242 e. The molecule has 0 N–H and O–H groups in total. The van der Waals surface area contributed by atoms with Crippen molar-refractivity contribution in [2.75, 3.05) is 57.2 Å². The van der Waals surface area contributed by atoms with Gasteiger partial charge in [0, 0.05) is 44.8 Å². The van der Waals surface area contributed by atoms with Crippen LogP contribution in [-0.4, -0.2) is 73.7 Å². The second-order valence-corrected chi connectivity index (χ2v) is 13.1. The van der Waals surface area contributed by atoms with Crippen molar-refractivity contribution in [3.05, 3.63) is 59.2 Å². The molecule has 2 fully saturated rings. The van der Waals surface area contributed by atoms with Crippen molar-refractivity contribution in [1.82, 2.24) is 9.80 Å². The molecule has 1 saturated carbocycles. The number of ether oxygens (including phenoxy) is 1. The summed E-state index contributed by atoms with van der Waals surface area (Å²) >= 11 is 6.23. The van der Waals surface area contributed by atoms with Gasteiger partial charge >= 0.3 is 0 Å². The van der Waals surface area contributed by atoms with E-state index < -0.39 is 6.04 Å². The molecule has 6 nitrogen and oxygen atoms in total. The highest BCUT2D eigenvalue weighted by molar-refractivity contribution is 6.30. The van der Waals surface area contributed by atoms with Crippen LogP contribution >= 0.6 is 11.6 Å². The lowest BCUT2D eigenvalue weighted by Crippen LogP contribution is -2.44. The van der Waals surface area contributed by atoms with Crippen LogP contribution in [0.2, 0.25) is 0 Å². The van der Waals surface area contributed by atoms with E-state index in [-0.39, 0.29) is 17.6 Å². The molecule has 4 rings (SSSR count). The molecule has 1 amide bonds. The Labute approximate surface area is 264 Å². The van der Waals surface area contributed by atoms with Crippen molar-refractivity contribution in [3.63, 3.8) is 0 Å². The SMILES string of the molecule is CCc1cc(C(C)C)ccc1N(C(=O)CCl)C(C(=O)CC1CCCCC1)c1ccc(OCCCN2CCN(C)CC2)cc1. The maximum atomic E-state index is 14.2. The van der Waals surface area contributed by atoms with Crippen LogP contribution in [0.5, 0.6) is 5.75 Å². The van der Waals surface area contributed by atoms with Crippen molar-refractivity contribution >= 4 is 29.0 Å². The van der Waals surface area contributed by atoms with Crippen LogP contribution in [0, 0.1) is 5.92 Å². The van der Waals surface area contributed by atoms with Gasteiger partial charge in [-0.1, -0.05) is 77.1 Å². The summed E-state index contributed by atoms with van der Waals surface area (Å²) in [6, 6.07) is 13.3. The Morgan fingerprint density at radius 2 is 1.65 bits per heavy atom. The minimum Gasteiger partial charge on any atom is -0.494 e. The molecule has 1 heterocycles. The number of amides is 1. The Hall–Kier alpha value is -2.41. The van der Waals surface area contributed by atoms with Crippen LogP contribution in [-0.2, 0) is 16.0 Å². The predicted molar refractivity (Wildman–Crippen MR) is 178 cm³/mol. The number of alkyl halides is 1. The van der Waals surface area contributed by atoms with Crippen LogP contribution < -0.4 is 9.64 Å². The van der Waals surface area contributed by atoms with E-state index in [0.717, 1.165) is 81.0 Å². The zero-order chi connectivity index (χ0) is 30.8. The van der Waals surface area contributed by atoms with E-state index in [1.54, 1.807) is 4.90 Å². The molecule has 1 aliphatic carbocycles. The molecular formula is C36H52ClN3O3. The molecule has 2 aromatic rings. The standard InChI is InChI=1S/C36H52ClN3O3/c1-5-29-25-31(27(2)3)14-17-33(29)40(35(42)26-37)36(34(41)24-28-10-7-6-8-11-28)30-12-15-32(16-13-30)43-23-9-18-39-21-19-38(4)20-22-39/h12-17,25,27-28,36H,5-11,18-24,26H2,1-4H3. The molecular weight excluding hydrogens is 558 g/mol. The van der Waals surface area contributed by atoms with Gasteiger partial charge in [0.1, 0.15) is 17.7 Å². The average Bonchev–Trinajstić information content (AvgIpc) is 3.03. The second kappa shape index (κ2) is 16.6. The molecule has 7 heteroatoms. The number of nitrogens with zero attached hydrogens (tertiary/aromatic N) is 3. The predicted octanol–water partition coefficient (Wildman–Crippen LogP) is 7.24. The van der Waals surface area contributed by atoms with E-state index in [1.807, 2.05) is 30.3 Å². The Bertz CT molecular complexity index is 1170. The highest BCUT2D eigenvalue weighted by atomic mass is 35.5. The van der Waals surface area contributed by atoms with Gasteiger partial charge in [-0.2, -0.15) is 0 Å². The van der Waals surface area contributed by atoms with Crippen LogP contribution in [0.1, 0.15) is 94.4 Å². The lowest BCUT2D eigenvalue weighted by Gasteiger charge is -2.34. The van der Waals surface area contributed by atoms with Gasteiger partial charge in [-0.3, -0.25) is 14.5 Å². The van der Waals surface area contributed by atoms with Crippen LogP contribution in [0.4, 0.5) is 5.69 Å². The number of Topliss-reactive ketones (excluding diaryl/α,β-unsaturated/α-hetero) is 1. The highest BCUT2D eigenvalue weighted by Crippen LogP contribution is 2.37. The molecule has 43 heavy (non-hydrogen) atoms. The summed E-state index contributed by atoms with van der Waals surface area (Å²) in [6.45, 7) is 12.6. The third-order valence-electron chi connectivity index (χ3n) is 9.25. The summed E-state index contributed by atoms with van der Waals surface area (Å²) in [4.78, 5) is 34.4. The van der Waals surface area contributed by atoms with Gasteiger partial charge in [0.05, 0.1) is 6.61 Å². The maximum absolute atomic E-state index is 14.2. The quantitative estimate of drug-likeness (QED) is 0.167. The van der Waals surface area contributed by atoms with Crippen LogP contribution in [0.3, 0.4) is 0 Å². The summed E-state index contributed by atoms with van der Waals surface area (Å²) in [6.07, 6.45) is 7.94. The van der Waals surface area contributed by atoms with Crippen molar-refractivity contribution in [2.45, 2.75) is 84.1 Å². The van der Waals surface area contributed by atoms with Gasteiger partial charge in [0.15, 0.2) is 5.78 Å². The number of aryl methyl sites for hydroxylation is 1. The minimum atomic E-state index is -0.727. The number of hydrogen-bond acceptors (Lipinski definition) is 5. The molecule has 1 saturated heterocycles. The van der Waals surface area contributed by atoms with Gasteiger partial charge in [0.2, 0.25) is 5.91 Å². The van der Waals surface area contributed by atoms with E-state index >= 15 is 0 Å². The van der Waals surface area contributed by atoms with Gasteiger partial charge in [-0.25, -0.2) is 0 Å². The highest BCUT2D eigenvalue weighted by Gasteiger charge is 2.34. The Morgan fingerprint density at radius 1 is 0.977 bits per heavy atom. The van der Waals surface area contributed by atoms with Crippen molar-refractivity contribution in [1.29, 1.82) is 0 Å². The molecule has 2 aliphatic rings. The van der Waals surface area contributed by atoms with E-state index in [1.165, 1.54) is 24.8 Å². The number of rotatable bonds is 14. The van der Waals surface area contributed by atoms with E-state index in [9.17, 15) is 9.59 Å². The molecule has 0 aromatic heterocycles. The van der Waals surface area contributed by atoms with Crippen molar-refractivity contribution in [3.8, 4) is 5.75 Å². The Kier molecular flexibility index (Phi) is 12.9. The first-order valence-electron chi connectivity index (χ1n) is 16.5. The molecule has 0 radical (unpaired) electrons. The Morgan fingerprint density at radius 3 is 2.28 bits per heavy atom. The number of likely N-dealkylation sites (N-methyl/N-ethyl adjacent to an activating group) is 1. The zero-order valence-electron chi connectivity index (χ0n) is 26.8. The Balaban J connectivity index is 1.56. The monoisotopic (exact) mass is 609 g/mol. The van der Waals surface area contributed by atoms with Crippen molar-refractivity contribution in [2.24, 2.45) is 5.92 Å². The molecule has 1 unspecified atom stereocenters. The second-order valence-electron chi connectivity index (χ2n) is 12.8. The van der Waals surface area contributed by atoms with E-state index in [2.05, 4.69) is 49.8 Å². The third kappa shape index (κ3) is 9.29. The molecule has 0 bridgehead atoms. The topological polar surface area (TPSA) is 53.1 Å². The van der Waals surface area contributed by atoms with Gasteiger partial charge in [0.25, 0.3) is 0 Å². The van der Waals surface area contributed by atoms with Gasteiger partial charge in [-0.15, -0.1) is 11.6 Å². The molecule has 0 spiro atoms. The summed E-state index contributed by atoms with van der Waals surface area (Å²) in [5.41, 5.74) is 3.86. The number of halogens is 1. The number of hydrogen-bond donors (Lipinski definition) is 0. The number of benzene rings is 2. The minimum absolute atomic E-state index is 0.0844. The van der Waals surface area contributed by atoms with E-state index in [4.69, 9.17) is 16.3 Å².